The van der Waals surface area contributed by atoms with E-state index in [1.54, 1.807) is 7.11 Å². The highest BCUT2D eigenvalue weighted by Crippen LogP contribution is 2.25. The lowest BCUT2D eigenvalue weighted by atomic mass is 9.84. The molecule has 1 aromatic rings. The molecule has 4 heteroatoms. The van der Waals surface area contributed by atoms with E-state index >= 15 is 0 Å². The molecule has 0 aliphatic rings. The van der Waals surface area contributed by atoms with Crippen molar-refractivity contribution in [3.05, 3.63) is 29.8 Å². The average molecular weight is 252 g/mol. The second-order valence-electron chi connectivity index (χ2n) is 5.19. The molecule has 0 radical (unpaired) electrons. The first kappa shape index (κ1) is 15.0. The van der Waals surface area contributed by atoms with E-state index in [1.165, 1.54) is 5.56 Å². The van der Waals surface area contributed by atoms with Crippen LogP contribution in [0.3, 0.4) is 0 Å². The first-order chi connectivity index (χ1) is 8.49. The zero-order valence-electron chi connectivity index (χ0n) is 11.4. The minimum atomic E-state index is -0.203. The van der Waals surface area contributed by atoms with Crippen molar-refractivity contribution in [1.29, 1.82) is 0 Å². The smallest absolute Gasteiger partial charge is 0.119 e. The van der Waals surface area contributed by atoms with Crippen molar-refractivity contribution in [2.45, 2.75) is 25.3 Å². The van der Waals surface area contributed by atoms with Crippen LogP contribution in [0.15, 0.2) is 24.3 Å². The van der Waals surface area contributed by atoms with Gasteiger partial charge >= 0.3 is 0 Å². The summed E-state index contributed by atoms with van der Waals surface area (Å²) in [4.78, 5) is 0. The number of benzene rings is 1. The molecule has 4 nitrogen and oxygen atoms in total. The molecule has 102 valence electrons. The minimum absolute atomic E-state index is 0.00654. The van der Waals surface area contributed by atoms with Crippen LogP contribution in [-0.2, 0) is 5.41 Å². The van der Waals surface area contributed by atoms with Crippen molar-refractivity contribution in [3.63, 3.8) is 0 Å². The van der Waals surface area contributed by atoms with Crippen LogP contribution in [0, 0.1) is 0 Å². The topological polar surface area (TPSA) is 67.5 Å². The van der Waals surface area contributed by atoms with E-state index in [4.69, 9.17) is 15.6 Å². The summed E-state index contributed by atoms with van der Waals surface area (Å²) in [7, 11) is 1.67. The fourth-order valence-electron chi connectivity index (χ4n) is 1.78. The second-order valence-corrected chi connectivity index (χ2v) is 5.19. The molecule has 0 bridgehead atoms. The van der Waals surface area contributed by atoms with Gasteiger partial charge in [0.25, 0.3) is 0 Å². The predicted molar refractivity (Wildman–Crippen MR) is 74.0 cm³/mol. The second kappa shape index (κ2) is 6.73. The Hall–Kier alpha value is -1.10. The van der Waals surface area contributed by atoms with E-state index in [9.17, 15) is 0 Å². The van der Waals surface area contributed by atoms with E-state index in [0.717, 1.165) is 12.3 Å². The number of nitrogens with two attached hydrogens (primary N) is 1. The number of nitrogens with one attached hydrogen (secondary N) is 1. The highest BCUT2D eigenvalue weighted by atomic mass is 16.5. The maximum atomic E-state index is 8.87. The van der Waals surface area contributed by atoms with Gasteiger partial charge in [0.05, 0.1) is 13.7 Å². The van der Waals surface area contributed by atoms with Crippen LogP contribution in [0.4, 0.5) is 0 Å². The molecule has 0 saturated carbocycles. The van der Waals surface area contributed by atoms with Crippen molar-refractivity contribution < 1.29 is 9.84 Å². The van der Waals surface area contributed by atoms with Gasteiger partial charge in [-0.05, 0) is 17.7 Å². The number of hydrogen-bond donors (Lipinski definition) is 3. The fourth-order valence-corrected chi connectivity index (χ4v) is 1.78. The maximum Gasteiger partial charge on any atom is 0.119 e. The fraction of sp³-hybridized carbons (Fsp3) is 0.571. The number of rotatable bonds is 7. The summed E-state index contributed by atoms with van der Waals surface area (Å²) in [5.41, 5.74) is 6.86. The van der Waals surface area contributed by atoms with Crippen molar-refractivity contribution in [2.75, 3.05) is 26.8 Å². The SMILES string of the molecule is COc1cccc(C(C)(C)CNCC(N)CO)c1. The van der Waals surface area contributed by atoms with Crippen molar-refractivity contribution in [2.24, 2.45) is 5.73 Å². The molecule has 0 aliphatic carbocycles. The zero-order chi connectivity index (χ0) is 13.6. The summed E-state index contributed by atoms with van der Waals surface area (Å²) >= 11 is 0. The molecule has 0 aliphatic heterocycles. The third-order valence-electron chi connectivity index (χ3n) is 3.06. The highest BCUT2D eigenvalue weighted by molar-refractivity contribution is 5.33. The number of hydrogen-bond acceptors (Lipinski definition) is 4. The zero-order valence-corrected chi connectivity index (χ0v) is 11.4. The third kappa shape index (κ3) is 4.29. The summed E-state index contributed by atoms with van der Waals surface area (Å²) in [6.45, 7) is 5.75. The van der Waals surface area contributed by atoms with Crippen LogP contribution in [0.2, 0.25) is 0 Å². The molecule has 1 aromatic carbocycles. The summed E-state index contributed by atoms with van der Waals surface area (Å²) in [6, 6.07) is 7.87. The molecule has 0 aromatic heterocycles. The van der Waals surface area contributed by atoms with Gasteiger partial charge in [-0.2, -0.15) is 0 Å². The van der Waals surface area contributed by atoms with Crippen LogP contribution in [0.5, 0.6) is 5.75 Å². The van der Waals surface area contributed by atoms with Crippen LogP contribution in [0.1, 0.15) is 19.4 Å². The van der Waals surface area contributed by atoms with E-state index in [0.29, 0.717) is 6.54 Å². The van der Waals surface area contributed by atoms with Crippen molar-refractivity contribution in [1.82, 2.24) is 5.32 Å². The van der Waals surface area contributed by atoms with Crippen molar-refractivity contribution >= 4 is 0 Å². The van der Waals surface area contributed by atoms with Gasteiger partial charge in [-0.25, -0.2) is 0 Å². The lowest BCUT2D eigenvalue weighted by Crippen LogP contribution is -2.41. The Morgan fingerprint density at radius 1 is 1.44 bits per heavy atom. The molecule has 1 unspecified atom stereocenters. The number of methoxy groups -OCH3 is 1. The lowest BCUT2D eigenvalue weighted by Gasteiger charge is -2.26. The number of ether oxygens (including phenoxy) is 1. The number of aliphatic hydroxyl groups excluding tert-OH is 1. The molecule has 1 atom stereocenters. The van der Waals surface area contributed by atoms with Crippen LogP contribution < -0.4 is 15.8 Å². The van der Waals surface area contributed by atoms with Gasteiger partial charge in [-0.3, -0.25) is 0 Å². The molecule has 0 spiro atoms. The van der Waals surface area contributed by atoms with Crippen LogP contribution >= 0.6 is 0 Å². The highest BCUT2D eigenvalue weighted by Gasteiger charge is 2.20. The van der Waals surface area contributed by atoms with Gasteiger partial charge in [-0.15, -0.1) is 0 Å². The van der Waals surface area contributed by atoms with Gasteiger partial charge in [0.15, 0.2) is 0 Å². The van der Waals surface area contributed by atoms with Gasteiger partial charge < -0.3 is 20.9 Å². The summed E-state index contributed by atoms with van der Waals surface area (Å²) in [6.07, 6.45) is 0. The largest absolute Gasteiger partial charge is 0.497 e. The molecule has 0 fully saturated rings. The number of aliphatic hydroxyl groups is 1. The Morgan fingerprint density at radius 2 is 2.17 bits per heavy atom. The standard InChI is InChI=1S/C14H24N2O2/c1-14(2,10-16-8-12(15)9-17)11-5-4-6-13(7-11)18-3/h4-7,12,16-17H,8-10,15H2,1-3H3. The van der Waals surface area contributed by atoms with E-state index in [1.807, 2.05) is 18.2 Å². The summed E-state index contributed by atoms with van der Waals surface area (Å²) in [5.74, 6) is 0.868. The lowest BCUT2D eigenvalue weighted by molar-refractivity contribution is 0.260. The average Bonchev–Trinajstić information content (AvgIpc) is 2.38. The van der Waals surface area contributed by atoms with Gasteiger partial charge in [0.1, 0.15) is 5.75 Å². The third-order valence-corrected chi connectivity index (χ3v) is 3.06. The normalized spacial score (nSPS) is 13.4. The molecular formula is C14H24N2O2. The Kier molecular flexibility index (Phi) is 5.59. The Labute approximate surface area is 109 Å². The Bertz CT molecular complexity index is 367. The summed E-state index contributed by atoms with van der Waals surface area (Å²) in [5, 5.41) is 12.2. The maximum absolute atomic E-state index is 8.87. The molecule has 0 saturated heterocycles. The molecule has 0 heterocycles. The molecule has 18 heavy (non-hydrogen) atoms. The monoisotopic (exact) mass is 252 g/mol. The first-order valence-electron chi connectivity index (χ1n) is 6.21. The summed E-state index contributed by atoms with van der Waals surface area (Å²) < 4.78 is 5.24. The van der Waals surface area contributed by atoms with Crippen LogP contribution in [0.25, 0.3) is 0 Å². The predicted octanol–water partition coefficient (Wildman–Crippen LogP) is 0.882. The molecule has 4 N–H and O–H groups in total. The molecular weight excluding hydrogens is 228 g/mol. The van der Waals surface area contributed by atoms with Gasteiger partial charge in [-0.1, -0.05) is 26.0 Å². The van der Waals surface area contributed by atoms with E-state index in [2.05, 4.69) is 25.2 Å². The molecule has 0 amide bonds. The minimum Gasteiger partial charge on any atom is -0.497 e. The van der Waals surface area contributed by atoms with Gasteiger partial charge in [0, 0.05) is 24.5 Å². The van der Waals surface area contributed by atoms with E-state index < -0.39 is 0 Å². The van der Waals surface area contributed by atoms with Crippen LogP contribution in [-0.4, -0.2) is 38.0 Å². The first-order valence-corrected chi connectivity index (χ1v) is 6.21. The van der Waals surface area contributed by atoms with Gasteiger partial charge in [0.2, 0.25) is 0 Å². The quantitative estimate of drug-likeness (QED) is 0.674. The Morgan fingerprint density at radius 3 is 2.78 bits per heavy atom. The molecule has 1 rings (SSSR count). The van der Waals surface area contributed by atoms with Crippen molar-refractivity contribution in [3.8, 4) is 5.75 Å². The van der Waals surface area contributed by atoms with E-state index in [-0.39, 0.29) is 18.1 Å². The Balaban J connectivity index is 2.61.